The Labute approximate surface area is 132 Å². The first-order valence-electron chi connectivity index (χ1n) is 8.09. The van der Waals surface area contributed by atoms with Crippen molar-refractivity contribution in [2.45, 2.75) is 39.2 Å². The number of rotatable bonds is 6. The Kier molecular flexibility index (Phi) is 5.98. The summed E-state index contributed by atoms with van der Waals surface area (Å²) in [5, 5.41) is 13.2. The third-order valence-corrected chi connectivity index (χ3v) is 4.72. The molecule has 0 radical (unpaired) electrons. The van der Waals surface area contributed by atoms with Gasteiger partial charge in [-0.2, -0.15) is 0 Å². The van der Waals surface area contributed by atoms with E-state index in [1.807, 2.05) is 25.1 Å². The van der Waals surface area contributed by atoms with Crippen LogP contribution in [0.25, 0.3) is 0 Å². The van der Waals surface area contributed by atoms with E-state index in [-0.39, 0.29) is 17.2 Å². The van der Waals surface area contributed by atoms with Crippen molar-refractivity contribution in [3.05, 3.63) is 35.9 Å². The van der Waals surface area contributed by atoms with E-state index in [1.165, 1.54) is 5.56 Å². The summed E-state index contributed by atoms with van der Waals surface area (Å²) in [4.78, 5) is 12.3. The molecule has 0 saturated carbocycles. The zero-order chi connectivity index (χ0) is 16.0. The minimum Gasteiger partial charge on any atom is -0.393 e. The standard InChI is InChI=1S/C18H27NO3/c1-14(20)18(2,12-15-6-4-3-5-7-15)13-19-17(21)16-8-10-22-11-9-16/h3-7,14,16,20H,8-13H2,1-2H3,(H,19,21)/t14-,18+/m0/s1. The molecule has 2 rings (SSSR count). The van der Waals surface area contributed by atoms with Crippen molar-refractivity contribution in [3.63, 3.8) is 0 Å². The van der Waals surface area contributed by atoms with Crippen LogP contribution in [0.3, 0.4) is 0 Å². The van der Waals surface area contributed by atoms with Gasteiger partial charge in [0.1, 0.15) is 0 Å². The molecule has 1 saturated heterocycles. The molecule has 0 bridgehead atoms. The van der Waals surface area contributed by atoms with E-state index >= 15 is 0 Å². The lowest BCUT2D eigenvalue weighted by Crippen LogP contribution is -2.46. The molecule has 1 aromatic carbocycles. The summed E-state index contributed by atoms with van der Waals surface area (Å²) >= 11 is 0. The summed E-state index contributed by atoms with van der Waals surface area (Å²) in [6.07, 6.45) is 1.81. The van der Waals surface area contributed by atoms with E-state index < -0.39 is 6.10 Å². The molecule has 0 unspecified atom stereocenters. The van der Waals surface area contributed by atoms with E-state index in [9.17, 15) is 9.90 Å². The average molecular weight is 305 g/mol. The molecule has 4 nitrogen and oxygen atoms in total. The van der Waals surface area contributed by atoms with E-state index in [1.54, 1.807) is 6.92 Å². The minimum absolute atomic E-state index is 0.0451. The van der Waals surface area contributed by atoms with E-state index in [0.717, 1.165) is 19.3 Å². The lowest BCUT2D eigenvalue weighted by Gasteiger charge is -2.34. The number of aliphatic hydroxyl groups is 1. The summed E-state index contributed by atoms with van der Waals surface area (Å²) in [5.74, 6) is 0.131. The van der Waals surface area contributed by atoms with Crippen molar-refractivity contribution in [2.75, 3.05) is 19.8 Å². The van der Waals surface area contributed by atoms with Gasteiger partial charge in [0.2, 0.25) is 5.91 Å². The number of nitrogens with one attached hydrogen (secondary N) is 1. The van der Waals surface area contributed by atoms with Crippen molar-refractivity contribution in [2.24, 2.45) is 11.3 Å². The molecule has 1 aliphatic heterocycles. The first kappa shape index (κ1) is 17.0. The summed E-state index contributed by atoms with van der Waals surface area (Å²) in [6.45, 7) is 5.62. The second-order valence-corrected chi connectivity index (χ2v) is 6.60. The molecule has 0 aromatic heterocycles. The van der Waals surface area contributed by atoms with Crippen molar-refractivity contribution in [3.8, 4) is 0 Å². The minimum atomic E-state index is -0.498. The first-order chi connectivity index (χ1) is 10.5. The van der Waals surface area contributed by atoms with Gasteiger partial charge in [0.15, 0.2) is 0 Å². The largest absolute Gasteiger partial charge is 0.393 e. The molecular formula is C18H27NO3. The molecule has 1 amide bonds. The number of benzene rings is 1. The molecule has 0 aliphatic carbocycles. The van der Waals surface area contributed by atoms with Crippen LogP contribution in [0, 0.1) is 11.3 Å². The lowest BCUT2D eigenvalue weighted by molar-refractivity contribution is -0.128. The predicted molar refractivity (Wildman–Crippen MR) is 86.5 cm³/mol. The number of carbonyl (C=O) groups is 1. The second-order valence-electron chi connectivity index (χ2n) is 6.60. The Bertz CT molecular complexity index is 468. The second kappa shape index (κ2) is 7.75. The van der Waals surface area contributed by atoms with E-state index in [0.29, 0.717) is 19.8 Å². The third kappa shape index (κ3) is 4.55. The topological polar surface area (TPSA) is 58.6 Å². The Morgan fingerprint density at radius 2 is 2.00 bits per heavy atom. The number of hydrogen-bond donors (Lipinski definition) is 2. The van der Waals surface area contributed by atoms with Gasteiger partial charge in [-0.1, -0.05) is 37.3 Å². The van der Waals surface area contributed by atoms with Crippen LogP contribution in [0.2, 0.25) is 0 Å². The Balaban J connectivity index is 1.94. The zero-order valence-corrected chi connectivity index (χ0v) is 13.5. The predicted octanol–water partition coefficient (Wildman–Crippen LogP) is 2.16. The van der Waals surface area contributed by atoms with Crippen molar-refractivity contribution < 1.29 is 14.6 Å². The molecule has 4 heteroatoms. The van der Waals surface area contributed by atoms with Crippen LogP contribution in [-0.2, 0) is 16.0 Å². The molecule has 1 aromatic rings. The van der Waals surface area contributed by atoms with E-state index in [4.69, 9.17) is 4.74 Å². The van der Waals surface area contributed by atoms with Gasteiger partial charge >= 0.3 is 0 Å². The molecule has 22 heavy (non-hydrogen) atoms. The van der Waals surface area contributed by atoms with Gasteiger partial charge in [0, 0.05) is 31.1 Å². The highest BCUT2D eigenvalue weighted by Gasteiger charge is 2.32. The summed E-state index contributed by atoms with van der Waals surface area (Å²) in [6, 6.07) is 10.1. The van der Waals surface area contributed by atoms with Crippen LogP contribution >= 0.6 is 0 Å². The maximum absolute atomic E-state index is 12.3. The van der Waals surface area contributed by atoms with Crippen LogP contribution < -0.4 is 5.32 Å². The summed E-state index contributed by atoms with van der Waals surface area (Å²) in [5.41, 5.74) is 0.800. The fourth-order valence-corrected chi connectivity index (χ4v) is 2.81. The van der Waals surface area contributed by atoms with Crippen LogP contribution in [0.5, 0.6) is 0 Å². The Morgan fingerprint density at radius 3 is 2.59 bits per heavy atom. The van der Waals surface area contributed by atoms with Crippen LogP contribution in [0.4, 0.5) is 0 Å². The SMILES string of the molecule is C[C@H](O)[C@@](C)(CNC(=O)C1CCOCC1)Cc1ccccc1. The maximum atomic E-state index is 12.3. The number of aliphatic hydroxyl groups excluding tert-OH is 1. The van der Waals surface area contributed by atoms with Gasteiger partial charge in [0.05, 0.1) is 6.10 Å². The molecular weight excluding hydrogens is 278 g/mol. The van der Waals surface area contributed by atoms with Gasteiger partial charge in [-0.25, -0.2) is 0 Å². The van der Waals surface area contributed by atoms with Crippen molar-refractivity contribution in [1.82, 2.24) is 5.32 Å². The van der Waals surface area contributed by atoms with Gasteiger partial charge in [-0.3, -0.25) is 4.79 Å². The molecule has 2 atom stereocenters. The van der Waals surface area contributed by atoms with Gasteiger partial charge < -0.3 is 15.2 Å². The average Bonchev–Trinajstić information content (AvgIpc) is 2.54. The molecule has 122 valence electrons. The Hall–Kier alpha value is -1.39. The first-order valence-corrected chi connectivity index (χ1v) is 8.09. The van der Waals surface area contributed by atoms with Crippen LogP contribution in [-0.4, -0.2) is 36.9 Å². The molecule has 0 spiro atoms. The highest BCUT2D eigenvalue weighted by Crippen LogP contribution is 2.26. The summed E-state index contributed by atoms with van der Waals surface area (Å²) < 4.78 is 5.29. The fourth-order valence-electron chi connectivity index (χ4n) is 2.81. The van der Waals surface area contributed by atoms with Gasteiger partial charge in [0.25, 0.3) is 0 Å². The smallest absolute Gasteiger partial charge is 0.223 e. The third-order valence-electron chi connectivity index (χ3n) is 4.72. The highest BCUT2D eigenvalue weighted by molar-refractivity contribution is 5.78. The fraction of sp³-hybridized carbons (Fsp3) is 0.611. The van der Waals surface area contributed by atoms with Crippen LogP contribution in [0.1, 0.15) is 32.3 Å². The molecule has 1 aliphatic rings. The molecule has 1 heterocycles. The lowest BCUT2D eigenvalue weighted by atomic mass is 9.79. The number of amides is 1. The monoisotopic (exact) mass is 305 g/mol. The quantitative estimate of drug-likeness (QED) is 0.847. The maximum Gasteiger partial charge on any atom is 0.223 e. The highest BCUT2D eigenvalue weighted by atomic mass is 16.5. The number of ether oxygens (including phenoxy) is 1. The van der Waals surface area contributed by atoms with Crippen molar-refractivity contribution >= 4 is 5.91 Å². The zero-order valence-electron chi connectivity index (χ0n) is 13.5. The van der Waals surface area contributed by atoms with Crippen molar-refractivity contribution in [1.29, 1.82) is 0 Å². The number of hydrogen-bond acceptors (Lipinski definition) is 3. The molecule has 1 fully saturated rings. The van der Waals surface area contributed by atoms with Gasteiger partial charge in [-0.15, -0.1) is 0 Å². The van der Waals surface area contributed by atoms with Crippen LogP contribution in [0.15, 0.2) is 30.3 Å². The van der Waals surface area contributed by atoms with Gasteiger partial charge in [-0.05, 0) is 31.7 Å². The normalized spacial score (nSPS) is 20.1. The Morgan fingerprint density at radius 1 is 1.36 bits per heavy atom. The number of carbonyl (C=O) groups excluding carboxylic acids is 1. The van der Waals surface area contributed by atoms with E-state index in [2.05, 4.69) is 17.4 Å². The molecule has 2 N–H and O–H groups in total. The summed E-state index contributed by atoms with van der Waals surface area (Å²) in [7, 11) is 0.